The third kappa shape index (κ3) is 5.72. The average molecular weight is 636 g/mol. The highest BCUT2D eigenvalue weighted by atomic mass is 35.5. The van der Waals surface area contributed by atoms with Gasteiger partial charge in [0.25, 0.3) is 5.91 Å². The number of rotatable bonds is 14. The maximum atomic E-state index is 14.8. The van der Waals surface area contributed by atoms with Gasteiger partial charge in [0.2, 0.25) is 11.8 Å². The fourth-order valence-corrected chi connectivity index (χ4v) is 9.99. The zero-order valence-electron chi connectivity index (χ0n) is 25.4. The zero-order chi connectivity index (χ0) is 31.5. The quantitative estimate of drug-likeness (QED) is 0.200. The van der Waals surface area contributed by atoms with Crippen LogP contribution in [-0.4, -0.2) is 69.5 Å². The van der Waals surface area contributed by atoms with Crippen LogP contribution < -0.4 is 9.80 Å². The van der Waals surface area contributed by atoms with E-state index in [1.165, 1.54) is 0 Å². The van der Waals surface area contributed by atoms with Crippen molar-refractivity contribution in [3.8, 4) is 0 Å². The Labute approximate surface area is 269 Å². The van der Waals surface area contributed by atoms with Gasteiger partial charge < -0.3 is 19.8 Å². The largest absolute Gasteiger partial charge is 0.396 e. The number of likely N-dealkylation sites (tertiary alicyclic amines) is 1. The van der Waals surface area contributed by atoms with Gasteiger partial charge >= 0.3 is 0 Å². The molecule has 2 unspecified atom stereocenters. The van der Waals surface area contributed by atoms with E-state index >= 15 is 0 Å². The summed E-state index contributed by atoms with van der Waals surface area (Å²) in [5.74, 6) is -1.55. The van der Waals surface area contributed by atoms with Crippen LogP contribution in [0.5, 0.6) is 0 Å². The Bertz CT molecular complexity index is 1390. The van der Waals surface area contributed by atoms with Crippen molar-refractivity contribution in [3.63, 3.8) is 0 Å². The van der Waals surface area contributed by atoms with E-state index in [1.807, 2.05) is 42.5 Å². The molecule has 1 N–H and O–H groups in total. The van der Waals surface area contributed by atoms with Crippen molar-refractivity contribution in [3.05, 3.63) is 84.9 Å². The van der Waals surface area contributed by atoms with E-state index in [0.717, 1.165) is 24.9 Å². The first-order valence-corrected chi connectivity index (χ1v) is 16.7. The highest BCUT2D eigenvalue weighted by Crippen LogP contribution is 2.71. The molecule has 5 rings (SSSR count). The number of carbonyl (C=O) groups excluding carboxylic acids is 3. The molecule has 0 saturated carbocycles. The summed E-state index contributed by atoms with van der Waals surface area (Å²) < 4.78 is -1.21. The second-order valence-corrected chi connectivity index (χ2v) is 14.5. The molecular weight excluding hydrogens is 594 g/mol. The van der Waals surface area contributed by atoms with Crippen LogP contribution in [0.25, 0.3) is 0 Å². The molecule has 1 spiro atoms. The summed E-state index contributed by atoms with van der Waals surface area (Å²) in [7, 11) is 0. The number of aliphatic hydroxyl groups is 1. The van der Waals surface area contributed by atoms with Crippen LogP contribution in [0.2, 0.25) is 5.02 Å². The lowest BCUT2D eigenvalue weighted by Crippen LogP contribution is -2.55. The summed E-state index contributed by atoms with van der Waals surface area (Å²) in [6, 6.07) is 15.9. The molecule has 3 fully saturated rings. The molecule has 3 heterocycles. The number of aliphatic hydroxyl groups excluding tert-OH is 1. The molecule has 2 aromatic rings. The predicted octanol–water partition coefficient (Wildman–Crippen LogP) is 6.11. The van der Waals surface area contributed by atoms with E-state index in [-0.39, 0.29) is 30.9 Å². The summed E-state index contributed by atoms with van der Waals surface area (Å²) >= 11 is 7.85. The van der Waals surface area contributed by atoms with Gasteiger partial charge in [0, 0.05) is 47.4 Å². The molecule has 0 aliphatic carbocycles. The number of halogens is 1. The van der Waals surface area contributed by atoms with Gasteiger partial charge in [-0.2, -0.15) is 0 Å². The van der Waals surface area contributed by atoms with Gasteiger partial charge in [-0.25, -0.2) is 0 Å². The number of nitrogens with zero attached hydrogens (tertiary/aromatic N) is 3. The molecule has 3 saturated heterocycles. The van der Waals surface area contributed by atoms with Crippen molar-refractivity contribution in [2.24, 2.45) is 11.8 Å². The van der Waals surface area contributed by atoms with E-state index in [1.54, 1.807) is 50.7 Å². The maximum Gasteiger partial charge on any atom is 0.251 e. The molecule has 3 aliphatic rings. The minimum atomic E-state index is -0.725. The molecule has 5 atom stereocenters. The van der Waals surface area contributed by atoms with Crippen molar-refractivity contribution in [2.45, 2.75) is 61.0 Å². The number of hydrogen-bond acceptors (Lipinski definition) is 5. The van der Waals surface area contributed by atoms with Crippen molar-refractivity contribution < 1.29 is 19.5 Å². The second-order valence-electron chi connectivity index (χ2n) is 12.2. The number of hydrogen-bond donors (Lipinski definition) is 1. The van der Waals surface area contributed by atoms with Crippen molar-refractivity contribution >= 4 is 52.5 Å². The highest BCUT2D eigenvalue weighted by Gasteiger charge is 2.77. The average Bonchev–Trinajstić information content (AvgIpc) is 3.59. The number of amides is 3. The van der Waals surface area contributed by atoms with E-state index in [2.05, 4.69) is 20.1 Å². The fourth-order valence-electron chi connectivity index (χ4n) is 7.52. The molecule has 2 aromatic carbocycles. The molecular formula is C35H42ClN3O4S. The normalized spacial score (nSPS) is 26.8. The van der Waals surface area contributed by atoms with Crippen LogP contribution in [0.4, 0.5) is 11.4 Å². The first-order chi connectivity index (χ1) is 21.2. The van der Waals surface area contributed by atoms with Gasteiger partial charge in [0.15, 0.2) is 0 Å². The van der Waals surface area contributed by atoms with Crippen LogP contribution in [0.3, 0.4) is 0 Å². The van der Waals surface area contributed by atoms with E-state index in [4.69, 9.17) is 11.6 Å². The molecule has 2 bridgehead atoms. The summed E-state index contributed by atoms with van der Waals surface area (Å²) in [5, 5.41) is 9.82. The summed E-state index contributed by atoms with van der Waals surface area (Å²) in [6.07, 6.45) is 7.93. The van der Waals surface area contributed by atoms with Crippen LogP contribution in [0.15, 0.2) is 79.9 Å². The molecule has 3 amide bonds. The zero-order valence-corrected chi connectivity index (χ0v) is 26.9. The molecule has 0 radical (unpaired) electrons. The van der Waals surface area contributed by atoms with Gasteiger partial charge in [-0.3, -0.25) is 14.4 Å². The van der Waals surface area contributed by atoms with Gasteiger partial charge in [-0.1, -0.05) is 54.8 Å². The van der Waals surface area contributed by atoms with E-state index in [9.17, 15) is 19.5 Å². The lowest BCUT2D eigenvalue weighted by Gasteiger charge is -2.38. The SMILES string of the molecule is C=CCN(C(=O)C1N(CCCCCCO)C(=O)[C@@H]2[C@H](C(=O)N(CC=C)c3ccccc3)[C@]3(C)CCC12S3)c1ccc(Cl)cc1. The van der Waals surface area contributed by atoms with Crippen LogP contribution in [0.1, 0.15) is 45.4 Å². The van der Waals surface area contributed by atoms with Gasteiger partial charge in [-0.15, -0.1) is 24.9 Å². The number of unbranched alkanes of at least 4 members (excludes halogenated alkanes) is 3. The second kappa shape index (κ2) is 13.5. The monoisotopic (exact) mass is 635 g/mol. The molecule has 3 aliphatic heterocycles. The summed E-state index contributed by atoms with van der Waals surface area (Å²) in [4.78, 5) is 49.2. The Kier molecular flexibility index (Phi) is 9.93. The first-order valence-electron chi connectivity index (χ1n) is 15.5. The van der Waals surface area contributed by atoms with E-state index < -0.39 is 27.4 Å². The number of benzene rings is 2. The van der Waals surface area contributed by atoms with Crippen LogP contribution in [-0.2, 0) is 14.4 Å². The van der Waals surface area contributed by atoms with Gasteiger partial charge in [0.1, 0.15) is 6.04 Å². The molecule has 7 nitrogen and oxygen atoms in total. The lowest BCUT2D eigenvalue weighted by molar-refractivity contribution is -0.139. The van der Waals surface area contributed by atoms with Crippen molar-refractivity contribution in [1.29, 1.82) is 0 Å². The highest BCUT2D eigenvalue weighted by molar-refractivity contribution is 8.02. The molecule has 0 aromatic heterocycles. The number of fused-ring (bicyclic) bond motifs is 1. The fraction of sp³-hybridized carbons (Fsp3) is 0.457. The minimum absolute atomic E-state index is 0.0948. The van der Waals surface area contributed by atoms with Gasteiger partial charge in [0.05, 0.1) is 16.6 Å². The Morgan fingerprint density at radius 2 is 1.57 bits per heavy atom. The Morgan fingerprint density at radius 3 is 2.20 bits per heavy atom. The summed E-state index contributed by atoms with van der Waals surface area (Å²) in [6.45, 7) is 11.1. The van der Waals surface area contributed by atoms with Crippen molar-refractivity contribution in [2.75, 3.05) is 36.0 Å². The standard InChI is InChI=1S/C35H42ClN3O4S/c1-4-21-37(26-13-9-8-10-14-26)31(41)28-29-32(42)39(23-11-6-7-12-24-40)30(35(29)20-19-34(28,3)44-35)33(43)38(22-5-2)27-17-15-25(36)16-18-27/h4-5,8-10,13-18,28-30,40H,1-2,6-7,11-12,19-24H2,3H3/t28-,29+,30?,34+,35?/m1/s1. The summed E-state index contributed by atoms with van der Waals surface area (Å²) in [5.41, 5.74) is 1.45. The third-order valence-corrected chi connectivity index (χ3v) is 11.7. The third-order valence-electron chi connectivity index (χ3n) is 9.45. The minimum Gasteiger partial charge on any atom is -0.396 e. The Balaban J connectivity index is 1.55. The first kappa shape index (κ1) is 32.3. The van der Waals surface area contributed by atoms with Crippen LogP contribution in [0, 0.1) is 11.8 Å². The lowest BCUT2D eigenvalue weighted by atomic mass is 9.66. The number of anilines is 2. The number of carbonyl (C=O) groups is 3. The van der Waals surface area contributed by atoms with E-state index in [0.29, 0.717) is 43.1 Å². The predicted molar refractivity (Wildman–Crippen MR) is 179 cm³/mol. The van der Waals surface area contributed by atoms with Crippen LogP contribution >= 0.6 is 23.4 Å². The number of thioether (sulfide) groups is 1. The Morgan fingerprint density at radius 1 is 0.955 bits per heavy atom. The molecule has 44 heavy (non-hydrogen) atoms. The molecule has 9 heteroatoms. The van der Waals surface area contributed by atoms with Crippen molar-refractivity contribution in [1.82, 2.24) is 4.90 Å². The maximum absolute atomic E-state index is 14.8. The number of para-hydroxylation sites is 1. The smallest absolute Gasteiger partial charge is 0.251 e. The van der Waals surface area contributed by atoms with Gasteiger partial charge in [-0.05, 0) is 69.0 Å². The Hall–Kier alpha value is -3.07. The molecule has 234 valence electrons. The topological polar surface area (TPSA) is 81.2 Å².